The van der Waals surface area contributed by atoms with Gasteiger partial charge in [0, 0.05) is 22.8 Å². The minimum atomic E-state index is -0.593. The van der Waals surface area contributed by atoms with Crippen LogP contribution in [0.4, 0.5) is 5.69 Å². The van der Waals surface area contributed by atoms with Crippen molar-refractivity contribution in [2.24, 2.45) is 34.5 Å². The fraction of sp³-hybridized carbons (Fsp3) is 0.655. The van der Waals surface area contributed by atoms with Crippen molar-refractivity contribution >= 4 is 17.5 Å². The predicted molar refractivity (Wildman–Crippen MR) is 130 cm³/mol. The van der Waals surface area contributed by atoms with Gasteiger partial charge in [0.2, 0.25) is 11.8 Å². The quantitative estimate of drug-likeness (QED) is 0.573. The van der Waals surface area contributed by atoms with E-state index in [0.717, 1.165) is 36.4 Å². The highest BCUT2D eigenvalue weighted by Gasteiger charge is 2.60. The van der Waals surface area contributed by atoms with E-state index in [0.29, 0.717) is 29.7 Å². The number of hydrogen-bond donors (Lipinski definition) is 1. The van der Waals surface area contributed by atoms with Crippen molar-refractivity contribution in [2.75, 3.05) is 5.32 Å². The van der Waals surface area contributed by atoms with Gasteiger partial charge in [-0.3, -0.25) is 9.59 Å². The minimum Gasteiger partial charge on any atom is -0.325 e. The van der Waals surface area contributed by atoms with Crippen LogP contribution in [0.3, 0.4) is 0 Å². The van der Waals surface area contributed by atoms with E-state index >= 15 is 0 Å². The fourth-order valence-electron chi connectivity index (χ4n) is 8.28. The number of amides is 2. The molecule has 1 aromatic rings. The molecule has 1 aliphatic heterocycles. The molecule has 1 unspecified atom stereocenters. The number of fused-ring (bicyclic) bond motifs is 5. The normalized spacial score (nSPS) is 39.9. The number of carbonyl (C=O) groups excluding carboxylic acids is 2. The second kappa shape index (κ2) is 7.45. The lowest BCUT2D eigenvalue weighted by Gasteiger charge is -2.59. The first-order valence-corrected chi connectivity index (χ1v) is 13.2. The van der Waals surface area contributed by atoms with Gasteiger partial charge in [-0.2, -0.15) is 0 Å². The van der Waals surface area contributed by atoms with Gasteiger partial charge in [-0.15, -0.1) is 0 Å². The highest BCUT2D eigenvalue weighted by atomic mass is 16.2. The summed E-state index contributed by atoms with van der Waals surface area (Å²) < 4.78 is 0. The Morgan fingerprint density at radius 3 is 2.52 bits per heavy atom. The fourth-order valence-corrected chi connectivity index (χ4v) is 8.28. The Balaban J connectivity index is 1.33. The number of carbonyl (C=O) groups is 2. The molecular weight excluding hydrogens is 408 g/mol. The highest BCUT2D eigenvalue weighted by molar-refractivity contribution is 6.07. The van der Waals surface area contributed by atoms with Crippen molar-refractivity contribution in [1.82, 2.24) is 4.90 Å². The van der Waals surface area contributed by atoms with Gasteiger partial charge < -0.3 is 10.2 Å². The van der Waals surface area contributed by atoms with Crippen LogP contribution in [0.15, 0.2) is 36.0 Å². The third-order valence-electron chi connectivity index (χ3n) is 10.2. The second-order valence-corrected chi connectivity index (χ2v) is 12.3. The summed E-state index contributed by atoms with van der Waals surface area (Å²) in [6.45, 7) is 6.96. The summed E-state index contributed by atoms with van der Waals surface area (Å²) in [5.41, 5.74) is 3.62. The second-order valence-electron chi connectivity index (χ2n) is 12.3. The number of nitrogens with zero attached hydrogens (tertiary/aromatic N) is 1. The van der Waals surface area contributed by atoms with E-state index in [1.165, 1.54) is 37.8 Å². The number of nitrogens with one attached hydrogen (secondary N) is 1. The molecule has 5 aliphatic rings. The van der Waals surface area contributed by atoms with Gasteiger partial charge in [0.05, 0.1) is 0 Å². The number of allylic oxidation sites excluding steroid dienone is 2. The lowest BCUT2D eigenvalue weighted by molar-refractivity contribution is -0.149. The first-order valence-electron chi connectivity index (χ1n) is 13.2. The maximum atomic E-state index is 13.7. The van der Waals surface area contributed by atoms with Crippen molar-refractivity contribution < 1.29 is 9.59 Å². The molecule has 0 radical (unpaired) electrons. The van der Waals surface area contributed by atoms with Crippen molar-refractivity contribution in [3.05, 3.63) is 41.6 Å². The van der Waals surface area contributed by atoms with E-state index in [2.05, 4.69) is 30.1 Å². The molecule has 4 heteroatoms. The van der Waals surface area contributed by atoms with Crippen LogP contribution in [-0.4, -0.2) is 22.8 Å². The molecule has 1 N–H and O–H groups in total. The van der Waals surface area contributed by atoms with E-state index in [9.17, 15) is 9.59 Å². The van der Waals surface area contributed by atoms with Crippen LogP contribution in [0.5, 0.6) is 0 Å². The number of piperidine rings is 1. The zero-order valence-electron chi connectivity index (χ0n) is 20.4. The summed E-state index contributed by atoms with van der Waals surface area (Å²) in [5.74, 6) is 1.40. The average Bonchev–Trinajstić information content (AvgIpc) is 3.54. The molecule has 4 aliphatic carbocycles. The zero-order chi connectivity index (χ0) is 23.0. The molecule has 2 amide bonds. The zero-order valence-corrected chi connectivity index (χ0v) is 20.4. The van der Waals surface area contributed by atoms with Crippen molar-refractivity contribution in [2.45, 2.75) is 84.6 Å². The number of benzene rings is 1. The maximum absolute atomic E-state index is 13.7. The van der Waals surface area contributed by atoms with Crippen LogP contribution in [0.2, 0.25) is 0 Å². The molecule has 4 nitrogen and oxygen atoms in total. The first-order chi connectivity index (χ1) is 15.8. The van der Waals surface area contributed by atoms with Crippen molar-refractivity contribution in [3.8, 4) is 0 Å². The van der Waals surface area contributed by atoms with E-state index in [1.54, 1.807) is 0 Å². The molecule has 176 valence electrons. The molecule has 0 aromatic heterocycles. The van der Waals surface area contributed by atoms with E-state index < -0.39 is 5.92 Å². The molecule has 4 fully saturated rings. The Morgan fingerprint density at radius 1 is 1.03 bits per heavy atom. The van der Waals surface area contributed by atoms with Crippen LogP contribution < -0.4 is 5.32 Å². The summed E-state index contributed by atoms with van der Waals surface area (Å²) in [6, 6.07) is 8.18. The molecule has 0 spiro atoms. The van der Waals surface area contributed by atoms with Gasteiger partial charge in [-0.05, 0) is 93.6 Å². The van der Waals surface area contributed by atoms with Crippen LogP contribution in [-0.2, 0) is 9.59 Å². The minimum absolute atomic E-state index is 0.0331. The summed E-state index contributed by atoms with van der Waals surface area (Å²) in [6.07, 6.45) is 13.0. The predicted octanol–water partition coefficient (Wildman–Crippen LogP) is 6.07. The summed E-state index contributed by atoms with van der Waals surface area (Å²) in [5, 5.41) is 3.07. The number of likely N-dealkylation sites (tertiary alicyclic amines) is 1. The van der Waals surface area contributed by atoms with E-state index in [-0.39, 0.29) is 17.2 Å². The molecule has 0 bridgehead atoms. The van der Waals surface area contributed by atoms with Crippen molar-refractivity contribution in [3.63, 3.8) is 0 Å². The number of hydrogen-bond acceptors (Lipinski definition) is 2. The summed E-state index contributed by atoms with van der Waals surface area (Å²) >= 11 is 0. The molecule has 3 saturated carbocycles. The SMILES string of the molecule is Cc1ccc(NC(=O)C2C[C@@]3(C)C(=CC[C@@H]4[C@H]3CC[C@]3(C)CCC[C@@H]43)N(C3CC3)C2=O)cc1. The number of anilines is 1. The number of aryl methyl sites for hydroxylation is 1. The molecule has 1 saturated heterocycles. The molecule has 33 heavy (non-hydrogen) atoms. The molecule has 6 rings (SSSR count). The summed E-state index contributed by atoms with van der Waals surface area (Å²) in [7, 11) is 0. The van der Waals surface area contributed by atoms with Crippen LogP contribution in [0, 0.1) is 41.4 Å². The van der Waals surface area contributed by atoms with Crippen molar-refractivity contribution in [1.29, 1.82) is 0 Å². The summed E-state index contributed by atoms with van der Waals surface area (Å²) in [4.78, 5) is 29.3. The molecule has 1 heterocycles. The average molecular weight is 447 g/mol. The van der Waals surface area contributed by atoms with Gasteiger partial charge in [-0.25, -0.2) is 0 Å². The standard InChI is InChI=1S/C29H38N2O2/c1-18-6-8-19(9-7-18)30-26(32)22-17-29(3)24-14-16-28(2)15-4-5-23(28)21(24)12-13-25(29)31(27(22)33)20-10-11-20/h6-9,13,20-24H,4-5,10-12,14-17H2,1-3H3,(H,30,32)/t21-,22?,23-,24+,28-,29+/m0/s1. The van der Waals surface area contributed by atoms with Gasteiger partial charge in [0.15, 0.2) is 0 Å². The Hall–Kier alpha value is -2.10. The van der Waals surface area contributed by atoms with Gasteiger partial charge >= 0.3 is 0 Å². The lowest BCUT2D eigenvalue weighted by Crippen LogP contribution is -2.58. The molecule has 6 atom stereocenters. The third kappa shape index (κ3) is 3.31. The molecular formula is C29H38N2O2. The Labute approximate surface area is 198 Å². The molecule has 1 aromatic carbocycles. The van der Waals surface area contributed by atoms with E-state index in [1.807, 2.05) is 31.2 Å². The van der Waals surface area contributed by atoms with E-state index in [4.69, 9.17) is 0 Å². The van der Waals surface area contributed by atoms with Gasteiger partial charge in [0.1, 0.15) is 5.92 Å². The van der Waals surface area contributed by atoms with Crippen LogP contribution in [0.1, 0.15) is 77.2 Å². The Morgan fingerprint density at radius 2 is 1.79 bits per heavy atom. The van der Waals surface area contributed by atoms with Crippen LogP contribution in [0.25, 0.3) is 0 Å². The third-order valence-corrected chi connectivity index (χ3v) is 10.2. The maximum Gasteiger partial charge on any atom is 0.239 e. The monoisotopic (exact) mass is 446 g/mol. The highest BCUT2D eigenvalue weighted by Crippen LogP contribution is 2.65. The van der Waals surface area contributed by atoms with Gasteiger partial charge in [-0.1, -0.05) is 44.0 Å². The van der Waals surface area contributed by atoms with Crippen LogP contribution >= 0.6 is 0 Å². The topological polar surface area (TPSA) is 49.4 Å². The number of rotatable bonds is 3. The van der Waals surface area contributed by atoms with Gasteiger partial charge in [0.25, 0.3) is 0 Å². The largest absolute Gasteiger partial charge is 0.325 e. The Kier molecular flexibility index (Phi) is 4.84. The Bertz CT molecular complexity index is 1010. The first kappa shape index (κ1) is 21.4. The smallest absolute Gasteiger partial charge is 0.239 e. The lowest BCUT2D eigenvalue weighted by atomic mass is 9.49.